The minimum absolute atomic E-state index is 0.0217. The van der Waals surface area contributed by atoms with E-state index in [4.69, 9.17) is 9.79 Å². The second-order valence-electron chi connectivity index (χ2n) is 4.27. The Labute approximate surface area is 94.4 Å². The van der Waals surface area contributed by atoms with Gasteiger partial charge in [-0.1, -0.05) is 6.07 Å². The Kier molecular flexibility index (Phi) is 2.39. The van der Waals surface area contributed by atoms with Gasteiger partial charge in [0.25, 0.3) is 0 Å². The molecule has 1 heterocycles. The van der Waals surface area contributed by atoms with Crippen LogP contribution < -0.4 is 10.6 Å². The van der Waals surface area contributed by atoms with Crippen molar-refractivity contribution < 1.29 is 18.1 Å². The van der Waals surface area contributed by atoms with Crippen LogP contribution in [0, 0.1) is 0 Å². The third-order valence-corrected chi connectivity index (χ3v) is 3.58. The van der Waals surface area contributed by atoms with Crippen LogP contribution in [-0.2, 0) is 20.3 Å². The van der Waals surface area contributed by atoms with E-state index in [2.05, 4.69) is 0 Å². The molecule has 0 fully saturated rings. The third-order valence-electron chi connectivity index (χ3n) is 2.67. The average molecular weight is 241 g/mol. The molecule has 0 radical (unpaired) electrons. The van der Waals surface area contributed by atoms with Gasteiger partial charge in [-0.3, -0.25) is 0 Å². The molecule has 0 unspecified atom stereocenters. The first-order valence-electron chi connectivity index (χ1n) is 4.75. The van der Waals surface area contributed by atoms with Crippen LogP contribution >= 0.6 is 0 Å². The van der Waals surface area contributed by atoms with Crippen molar-refractivity contribution in [3.05, 3.63) is 23.8 Å². The second kappa shape index (κ2) is 3.30. The number of benzene rings is 1. The first-order chi connectivity index (χ1) is 7.22. The molecule has 0 amide bonds. The molecule has 1 aliphatic heterocycles. The maximum atomic E-state index is 11.2. The molecule has 7 heteroatoms. The molecule has 0 aromatic heterocycles. The Morgan fingerprint density at radius 2 is 2.06 bits per heavy atom. The minimum Gasteiger partial charge on any atom is -0.423 e. The Hall–Kier alpha value is -0.885. The third kappa shape index (κ3) is 1.76. The summed E-state index contributed by atoms with van der Waals surface area (Å²) in [5.41, 5.74) is 0.606. The number of hydrogen-bond acceptors (Lipinski definition) is 4. The zero-order valence-electron chi connectivity index (χ0n) is 8.97. The van der Waals surface area contributed by atoms with Gasteiger partial charge >= 0.3 is 7.12 Å². The van der Waals surface area contributed by atoms with Gasteiger partial charge in [0.15, 0.2) is 0 Å². The lowest BCUT2D eigenvalue weighted by Gasteiger charge is -2.19. The van der Waals surface area contributed by atoms with Crippen LogP contribution in [0.15, 0.2) is 23.1 Å². The quantitative estimate of drug-likeness (QED) is 0.635. The van der Waals surface area contributed by atoms with E-state index in [1.54, 1.807) is 19.9 Å². The summed E-state index contributed by atoms with van der Waals surface area (Å²) in [6.07, 6.45) is 0. The highest BCUT2D eigenvalue weighted by Crippen LogP contribution is 2.30. The fraction of sp³-hybridized carbons (Fsp3) is 0.333. The lowest BCUT2D eigenvalue weighted by molar-refractivity contribution is 0.101. The molecule has 0 spiro atoms. The standard InChI is InChI=1S/C9H12BNO4S/c1-9(2)7-4-3-6(16(11,13)14)5-8(7)10(12)15-9/h3-5,12H,1-2H3,(H2,11,13,14). The fourth-order valence-electron chi connectivity index (χ4n) is 1.88. The summed E-state index contributed by atoms with van der Waals surface area (Å²) < 4.78 is 27.6. The van der Waals surface area contributed by atoms with Gasteiger partial charge in [0.1, 0.15) is 0 Å². The lowest BCUT2D eigenvalue weighted by Crippen LogP contribution is -2.29. The number of hydrogen-bond donors (Lipinski definition) is 2. The van der Waals surface area contributed by atoms with Gasteiger partial charge in [-0.15, -0.1) is 0 Å². The van der Waals surface area contributed by atoms with Crippen molar-refractivity contribution in [2.45, 2.75) is 24.3 Å². The first-order valence-corrected chi connectivity index (χ1v) is 6.29. The van der Waals surface area contributed by atoms with Crippen LogP contribution in [0.4, 0.5) is 0 Å². The maximum Gasteiger partial charge on any atom is 0.492 e. The van der Waals surface area contributed by atoms with Gasteiger partial charge in [-0.05, 0) is 37.0 Å². The number of rotatable bonds is 1. The van der Waals surface area contributed by atoms with E-state index >= 15 is 0 Å². The van der Waals surface area contributed by atoms with Gasteiger partial charge in [0.2, 0.25) is 10.0 Å². The van der Waals surface area contributed by atoms with Crippen molar-refractivity contribution in [1.82, 2.24) is 0 Å². The number of sulfonamides is 1. The predicted octanol–water partition coefficient (Wildman–Crippen LogP) is -0.713. The van der Waals surface area contributed by atoms with Gasteiger partial charge in [-0.25, -0.2) is 13.6 Å². The zero-order valence-corrected chi connectivity index (χ0v) is 9.78. The Morgan fingerprint density at radius 1 is 1.44 bits per heavy atom. The van der Waals surface area contributed by atoms with Crippen LogP contribution in [0.1, 0.15) is 19.4 Å². The summed E-state index contributed by atoms with van der Waals surface area (Å²) in [5.74, 6) is 0. The van der Waals surface area contributed by atoms with Crippen LogP contribution in [-0.4, -0.2) is 20.6 Å². The van der Waals surface area contributed by atoms with E-state index < -0.39 is 22.7 Å². The monoisotopic (exact) mass is 241 g/mol. The van der Waals surface area contributed by atoms with E-state index in [0.29, 0.717) is 5.46 Å². The van der Waals surface area contributed by atoms with E-state index in [9.17, 15) is 13.4 Å². The average Bonchev–Trinajstić information content (AvgIpc) is 2.36. The van der Waals surface area contributed by atoms with Crippen molar-refractivity contribution in [2.75, 3.05) is 0 Å². The Bertz CT molecular complexity index is 540. The van der Waals surface area contributed by atoms with Crippen molar-refractivity contribution in [2.24, 2.45) is 5.14 Å². The molecule has 86 valence electrons. The summed E-state index contributed by atoms with van der Waals surface area (Å²) in [4.78, 5) is -0.0217. The number of primary sulfonamides is 1. The number of nitrogens with two attached hydrogens (primary N) is 1. The van der Waals surface area contributed by atoms with E-state index in [1.807, 2.05) is 0 Å². The van der Waals surface area contributed by atoms with Crippen molar-refractivity contribution in [3.8, 4) is 0 Å². The Morgan fingerprint density at radius 3 is 2.62 bits per heavy atom. The maximum absolute atomic E-state index is 11.2. The highest BCUT2D eigenvalue weighted by atomic mass is 32.2. The molecule has 0 atom stereocenters. The lowest BCUT2D eigenvalue weighted by atomic mass is 9.78. The molecule has 0 bridgehead atoms. The van der Waals surface area contributed by atoms with E-state index in [-0.39, 0.29) is 4.90 Å². The van der Waals surface area contributed by atoms with E-state index in [1.165, 1.54) is 12.1 Å². The molecule has 16 heavy (non-hydrogen) atoms. The summed E-state index contributed by atoms with van der Waals surface area (Å²) in [6.45, 7) is 3.61. The van der Waals surface area contributed by atoms with Crippen LogP contribution in [0.3, 0.4) is 0 Å². The van der Waals surface area contributed by atoms with E-state index in [0.717, 1.165) is 5.56 Å². The summed E-state index contributed by atoms with van der Waals surface area (Å²) in [5, 5.41) is 14.7. The van der Waals surface area contributed by atoms with Gasteiger partial charge in [0.05, 0.1) is 10.5 Å². The second-order valence-corrected chi connectivity index (χ2v) is 5.84. The van der Waals surface area contributed by atoms with Gasteiger partial charge < -0.3 is 9.68 Å². The molecule has 2 rings (SSSR count). The summed E-state index contributed by atoms with van der Waals surface area (Å²) in [6, 6.07) is 4.38. The summed E-state index contributed by atoms with van der Waals surface area (Å²) in [7, 11) is -4.86. The van der Waals surface area contributed by atoms with Crippen molar-refractivity contribution in [1.29, 1.82) is 0 Å². The molecule has 1 aromatic carbocycles. The number of fused-ring (bicyclic) bond motifs is 1. The molecule has 3 N–H and O–H groups in total. The normalized spacial score (nSPS) is 18.6. The fourth-order valence-corrected chi connectivity index (χ4v) is 2.43. The highest BCUT2D eigenvalue weighted by Gasteiger charge is 2.40. The van der Waals surface area contributed by atoms with Crippen LogP contribution in [0.5, 0.6) is 0 Å². The molecular formula is C9H12BNO4S. The van der Waals surface area contributed by atoms with Crippen LogP contribution in [0.2, 0.25) is 0 Å². The predicted molar refractivity (Wildman–Crippen MR) is 59.5 cm³/mol. The summed E-state index contributed by atoms with van der Waals surface area (Å²) >= 11 is 0. The molecule has 0 saturated carbocycles. The van der Waals surface area contributed by atoms with Crippen molar-refractivity contribution >= 4 is 22.6 Å². The molecule has 1 aliphatic rings. The Balaban J connectivity index is 2.62. The highest BCUT2D eigenvalue weighted by molar-refractivity contribution is 7.89. The molecular weight excluding hydrogens is 229 g/mol. The SMILES string of the molecule is CC1(C)OB(O)c2cc(S(N)(=O)=O)ccc21. The molecule has 0 saturated heterocycles. The van der Waals surface area contributed by atoms with Crippen LogP contribution in [0.25, 0.3) is 0 Å². The topological polar surface area (TPSA) is 89.6 Å². The molecule has 5 nitrogen and oxygen atoms in total. The largest absolute Gasteiger partial charge is 0.492 e. The first kappa shape index (κ1) is 11.6. The molecule has 0 aliphatic carbocycles. The smallest absolute Gasteiger partial charge is 0.423 e. The zero-order chi connectivity index (χ0) is 12.1. The molecule has 1 aromatic rings. The minimum atomic E-state index is -3.75. The van der Waals surface area contributed by atoms with Gasteiger partial charge in [-0.2, -0.15) is 0 Å². The van der Waals surface area contributed by atoms with Gasteiger partial charge in [0, 0.05) is 0 Å². The van der Waals surface area contributed by atoms with Crippen molar-refractivity contribution in [3.63, 3.8) is 0 Å².